The third-order valence-electron chi connectivity index (χ3n) is 8.08. The predicted octanol–water partition coefficient (Wildman–Crippen LogP) is 3.62. The fourth-order valence-corrected chi connectivity index (χ4v) is 7.62. The Bertz CT molecular complexity index is 939. The summed E-state index contributed by atoms with van der Waals surface area (Å²) in [6.07, 6.45) is 5.56. The van der Waals surface area contributed by atoms with Gasteiger partial charge in [-0.1, -0.05) is 27.2 Å². The molecule has 1 N–H and O–H groups in total. The van der Waals surface area contributed by atoms with E-state index in [1.165, 1.54) is 30.0 Å². The predicted molar refractivity (Wildman–Crippen MR) is 133 cm³/mol. The van der Waals surface area contributed by atoms with Crippen molar-refractivity contribution in [1.29, 1.82) is 0 Å². The number of amides is 1. The molecule has 1 saturated heterocycles. The fourth-order valence-electron chi connectivity index (χ4n) is 6.13. The first-order valence-corrected chi connectivity index (χ1v) is 14.2. The highest BCUT2D eigenvalue weighted by Gasteiger charge is 2.40. The Morgan fingerprint density at radius 3 is 2.36 bits per heavy atom. The second kappa shape index (κ2) is 10.3. The molecule has 4 rings (SSSR count). The third kappa shape index (κ3) is 5.23. The van der Waals surface area contributed by atoms with Crippen LogP contribution in [0, 0.1) is 17.8 Å². The number of sulfonamides is 1. The molecule has 3 atom stereocenters. The van der Waals surface area contributed by atoms with Crippen molar-refractivity contribution in [2.45, 2.75) is 57.8 Å². The molecule has 0 unspecified atom stereocenters. The van der Waals surface area contributed by atoms with E-state index >= 15 is 0 Å². The van der Waals surface area contributed by atoms with Gasteiger partial charge in [0, 0.05) is 45.7 Å². The highest BCUT2D eigenvalue weighted by molar-refractivity contribution is 7.89. The lowest BCUT2D eigenvalue weighted by Crippen LogP contribution is -2.46. The molecule has 2 saturated carbocycles. The molecule has 7 nitrogen and oxygen atoms in total. The molecule has 2 aliphatic carbocycles. The van der Waals surface area contributed by atoms with Crippen molar-refractivity contribution in [2.75, 3.05) is 56.0 Å². The zero-order valence-electron chi connectivity index (χ0n) is 20.4. The molecule has 33 heavy (non-hydrogen) atoms. The molecule has 1 heterocycles. The van der Waals surface area contributed by atoms with Crippen molar-refractivity contribution >= 4 is 27.3 Å². The Balaban J connectivity index is 1.57. The summed E-state index contributed by atoms with van der Waals surface area (Å²) in [5.41, 5.74) is 1.55. The molecular weight excluding hydrogens is 436 g/mol. The normalized spacial score (nSPS) is 25.7. The molecule has 0 aromatic heterocycles. The van der Waals surface area contributed by atoms with E-state index in [-0.39, 0.29) is 10.8 Å². The van der Waals surface area contributed by atoms with E-state index in [4.69, 9.17) is 0 Å². The average Bonchev–Trinajstić information content (AvgIpc) is 3.43. The highest BCUT2D eigenvalue weighted by Crippen LogP contribution is 2.49. The smallest absolute Gasteiger partial charge is 0.243 e. The van der Waals surface area contributed by atoms with Crippen LogP contribution in [0.1, 0.15) is 52.9 Å². The van der Waals surface area contributed by atoms with Gasteiger partial charge in [0.15, 0.2) is 0 Å². The van der Waals surface area contributed by atoms with Crippen LogP contribution >= 0.6 is 0 Å². The van der Waals surface area contributed by atoms with Gasteiger partial charge in [0.2, 0.25) is 15.9 Å². The minimum Gasteiger partial charge on any atom is -0.367 e. The average molecular weight is 477 g/mol. The van der Waals surface area contributed by atoms with Gasteiger partial charge in [-0.05, 0) is 61.8 Å². The van der Waals surface area contributed by atoms with Crippen LogP contribution in [0.4, 0.5) is 11.4 Å². The molecule has 3 fully saturated rings. The van der Waals surface area contributed by atoms with Crippen molar-refractivity contribution in [3.8, 4) is 0 Å². The largest absolute Gasteiger partial charge is 0.367 e. The zero-order chi connectivity index (χ0) is 23.6. The van der Waals surface area contributed by atoms with Crippen molar-refractivity contribution in [3.63, 3.8) is 0 Å². The van der Waals surface area contributed by atoms with Crippen molar-refractivity contribution in [2.24, 2.45) is 17.8 Å². The Morgan fingerprint density at radius 2 is 1.79 bits per heavy atom. The van der Waals surface area contributed by atoms with E-state index in [9.17, 15) is 13.2 Å². The van der Waals surface area contributed by atoms with Crippen LogP contribution < -0.4 is 10.2 Å². The van der Waals surface area contributed by atoms with E-state index in [0.717, 1.165) is 44.3 Å². The van der Waals surface area contributed by atoms with Gasteiger partial charge >= 0.3 is 0 Å². The molecule has 3 aliphatic rings. The summed E-state index contributed by atoms with van der Waals surface area (Å²) in [5.74, 6) is 1.98. The van der Waals surface area contributed by atoms with Crippen LogP contribution in [0.5, 0.6) is 0 Å². The van der Waals surface area contributed by atoms with Gasteiger partial charge in [-0.2, -0.15) is 4.31 Å². The van der Waals surface area contributed by atoms with Gasteiger partial charge in [0.05, 0.1) is 16.3 Å². The number of hydrogen-bond acceptors (Lipinski definition) is 5. The van der Waals surface area contributed by atoms with E-state index < -0.39 is 10.0 Å². The van der Waals surface area contributed by atoms with Crippen LogP contribution in [-0.2, 0) is 14.8 Å². The highest BCUT2D eigenvalue weighted by atomic mass is 32.2. The molecule has 1 amide bonds. The number of nitrogens with zero attached hydrogens (tertiary/aromatic N) is 3. The van der Waals surface area contributed by atoms with Gasteiger partial charge in [-0.15, -0.1) is 0 Å². The number of carbonyl (C=O) groups excluding carboxylic acids is 1. The Hall–Kier alpha value is -1.64. The summed E-state index contributed by atoms with van der Waals surface area (Å²) >= 11 is 0. The number of piperazine rings is 1. The van der Waals surface area contributed by atoms with Crippen LogP contribution in [-0.4, -0.2) is 69.3 Å². The summed E-state index contributed by atoms with van der Waals surface area (Å²) in [6, 6.07) is 5.25. The number of anilines is 2. The lowest BCUT2D eigenvalue weighted by molar-refractivity contribution is -0.117. The number of likely N-dealkylation sites (N-methyl/N-ethyl adjacent to an activating group) is 1. The number of nitrogens with one attached hydrogen (secondary N) is 1. The maximum atomic E-state index is 13.2. The van der Waals surface area contributed by atoms with Gasteiger partial charge in [0.25, 0.3) is 0 Å². The lowest BCUT2D eigenvalue weighted by Gasteiger charge is -2.36. The van der Waals surface area contributed by atoms with Crippen molar-refractivity contribution in [3.05, 3.63) is 18.2 Å². The molecule has 1 aliphatic heterocycles. The maximum absolute atomic E-state index is 13.2. The first-order valence-electron chi connectivity index (χ1n) is 12.8. The summed E-state index contributed by atoms with van der Waals surface area (Å²) < 4.78 is 27.8. The first kappa shape index (κ1) is 24.5. The van der Waals surface area contributed by atoms with Crippen LogP contribution in [0.3, 0.4) is 0 Å². The Morgan fingerprint density at radius 1 is 1.06 bits per heavy atom. The standard InChI is InChI=1S/C25H40N4O3S/c1-4-27-11-13-28(14-12-27)24-10-9-22(33(31,32)29(5-2)6-3)18-23(24)26-25(30)17-21-16-19-7-8-20(21)15-19/h9-10,18-21H,4-8,11-17H2,1-3H3,(H,26,30)/t19-,20-,21+/m0/s1. The monoisotopic (exact) mass is 476 g/mol. The molecule has 0 spiro atoms. The van der Waals surface area contributed by atoms with Gasteiger partial charge in [-0.25, -0.2) is 8.42 Å². The Labute approximate surface area is 199 Å². The molecular formula is C25H40N4O3S. The minimum atomic E-state index is -3.59. The summed E-state index contributed by atoms with van der Waals surface area (Å²) in [5, 5.41) is 3.13. The topological polar surface area (TPSA) is 73.0 Å². The summed E-state index contributed by atoms with van der Waals surface area (Å²) in [6.45, 7) is 11.4. The number of hydrogen-bond donors (Lipinski definition) is 1. The van der Waals surface area contributed by atoms with E-state index in [1.54, 1.807) is 12.1 Å². The van der Waals surface area contributed by atoms with Crippen LogP contribution in [0.2, 0.25) is 0 Å². The lowest BCUT2D eigenvalue weighted by atomic mass is 9.86. The quantitative estimate of drug-likeness (QED) is 0.589. The zero-order valence-corrected chi connectivity index (χ0v) is 21.2. The molecule has 1 aromatic carbocycles. The fraction of sp³-hybridized carbons (Fsp3) is 0.720. The van der Waals surface area contributed by atoms with Crippen LogP contribution in [0.25, 0.3) is 0 Å². The third-order valence-corrected chi connectivity index (χ3v) is 10.1. The van der Waals surface area contributed by atoms with E-state index in [0.29, 0.717) is 37.0 Å². The summed E-state index contributed by atoms with van der Waals surface area (Å²) in [7, 11) is -3.59. The number of carbonyl (C=O) groups is 1. The van der Waals surface area contributed by atoms with Crippen LogP contribution in [0.15, 0.2) is 23.1 Å². The SMILES string of the molecule is CCN1CCN(c2ccc(S(=O)(=O)N(CC)CC)cc2NC(=O)C[C@H]2C[C@H]3CC[C@H]2C3)CC1. The Kier molecular flexibility index (Phi) is 7.66. The van der Waals surface area contributed by atoms with Gasteiger partial charge < -0.3 is 15.1 Å². The molecule has 184 valence electrons. The number of benzene rings is 1. The number of fused-ring (bicyclic) bond motifs is 2. The van der Waals surface area contributed by atoms with E-state index in [2.05, 4.69) is 22.0 Å². The van der Waals surface area contributed by atoms with E-state index in [1.807, 2.05) is 19.9 Å². The first-order chi connectivity index (χ1) is 15.8. The van der Waals surface area contributed by atoms with Gasteiger partial charge in [0.1, 0.15) is 0 Å². The maximum Gasteiger partial charge on any atom is 0.243 e. The van der Waals surface area contributed by atoms with Crippen molar-refractivity contribution < 1.29 is 13.2 Å². The summed E-state index contributed by atoms with van der Waals surface area (Å²) in [4.78, 5) is 18.0. The second-order valence-electron chi connectivity index (χ2n) is 9.88. The van der Waals surface area contributed by atoms with Gasteiger partial charge in [-0.3, -0.25) is 4.79 Å². The molecule has 8 heteroatoms. The second-order valence-corrected chi connectivity index (χ2v) is 11.8. The van der Waals surface area contributed by atoms with Crippen molar-refractivity contribution in [1.82, 2.24) is 9.21 Å². The number of rotatable bonds is 9. The molecule has 0 radical (unpaired) electrons. The minimum absolute atomic E-state index is 0.0124. The molecule has 1 aromatic rings. The molecule has 2 bridgehead atoms.